The van der Waals surface area contributed by atoms with Crippen LogP contribution in [0.2, 0.25) is 0 Å². The van der Waals surface area contributed by atoms with Crippen molar-refractivity contribution in [2.75, 3.05) is 18.0 Å². The van der Waals surface area contributed by atoms with Gasteiger partial charge < -0.3 is 10.0 Å². The van der Waals surface area contributed by atoms with Crippen molar-refractivity contribution in [1.29, 1.82) is 0 Å². The summed E-state index contributed by atoms with van der Waals surface area (Å²) in [6, 6.07) is 6.58. The van der Waals surface area contributed by atoms with Gasteiger partial charge in [-0.25, -0.2) is 0 Å². The molecule has 1 aromatic rings. The van der Waals surface area contributed by atoms with Crippen molar-refractivity contribution in [3.8, 4) is 0 Å². The average Bonchev–Trinajstić information content (AvgIpc) is 2.58. The fourth-order valence-corrected chi connectivity index (χ4v) is 2.32. The summed E-state index contributed by atoms with van der Waals surface area (Å²) in [4.78, 5) is 2.40. The quantitative estimate of drug-likeness (QED) is 0.815. The number of aliphatic hydroxyl groups excluding tert-OH is 1. The van der Waals surface area contributed by atoms with E-state index >= 15 is 0 Å². The summed E-state index contributed by atoms with van der Waals surface area (Å²) in [5.74, 6) is 0. The molecule has 2 rings (SSSR count). The van der Waals surface area contributed by atoms with Gasteiger partial charge in [0.25, 0.3) is 0 Å². The fourth-order valence-electron chi connectivity index (χ4n) is 2.32. The first-order chi connectivity index (χ1) is 7.20. The third kappa shape index (κ3) is 2.15. The van der Waals surface area contributed by atoms with E-state index in [1.807, 2.05) is 6.92 Å². The minimum absolute atomic E-state index is 0.244. The highest BCUT2D eigenvalue weighted by molar-refractivity contribution is 5.59. The minimum Gasteiger partial charge on any atom is -0.393 e. The second-order valence-electron chi connectivity index (χ2n) is 4.35. The SMILES string of the molecule is CCN1CCc2cc(C[C@@H](C)O)ccc21. The third-order valence-electron chi connectivity index (χ3n) is 3.05. The lowest BCUT2D eigenvalue weighted by Crippen LogP contribution is -2.19. The van der Waals surface area contributed by atoms with Gasteiger partial charge in [-0.3, -0.25) is 0 Å². The predicted molar refractivity (Wildman–Crippen MR) is 63.4 cm³/mol. The molecular formula is C13H19NO. The number of benzene rings is 1. The molecule has 0 radical (unpaired) electrons. The normalized spacial score (nSPS) is 16.6. The van der Waals surface area contributed by atoms with E-state index < -0.39 is 0 Å². The van der Waals surface area contributed by atoms with Gasteiger partial charge in [0.2, 0.25) is 0 Å². The Kier molecular flexibility index (Phi) is 2.96. The van der Waals surface area contributed by atoms with E-state index in [0.717, 1.165) is 25.9 Å². The van der Waals surface area contributed by atoms with Gasteiger partial charge in [-0.2, -0.15) is 0 Å². The maximum atomic E-state index is 9.34. The van der Waals surface area contributed by atoms with Gasteiger partial charge >= 0.3 is 0 Å². The van der Waals surface area contributed by atoms with E-state index in [1.54, 1.807) is 0 Å². The van der Waals surface area contributed by atoms with Crippen LogP contribution in [0.5, 0.6) is 0 Å². The van der Waals surface area contributed by atoms with Crippen LogP contribution in [-0.4, -0.2) is 24.3 Å². The molecule has 0 saturated carbocycles. The molecule has 0 amide bonds. The van der Waals surface area contributed by atoms with Crippen molar-refractivity contribution in [3.05, 3.63) is 29.3 Å². The van der Waals surface area contributed by atoms with E-state index in [-0.39, 0.29) is 6.10 Å². The van der Waals surface area contributed by atoms with E-state index in [4.69, 9.17) is 0 Å². The van der Waals surface area contributed by atoms with E-state index in [0.29, 0.717) is 0 Å². The van der Waals surface area contributed by atoms with Crippen LogP contribution in [0.15, 0.2) is 18.2 Å². The molecule has 0 bridgehead atoms. The number of hydrogen-bond acceptors (Lipinski definition) is 2. The molecule has 1 atom stereocenters. The molecule has 2 nitrogen and oxygen atoms in total. The van der Waals surface area contributed by atoms with Crippen LogP contribution in [0, 0.1) is 0 Å². The molecule has 1 N–H and O–H groups in total. The molecule has 15 heavy (non-hydrogen) atoms. The van der Waals surface area contributed by atoms with Gasteiger partial charge in [-0.05, 0) is 43.9 Å². The van der Waals surface area contributed by atoms with Crippen molar-refractivity contribution in [2.24, 2.45) is 0 Å². The summed E-state index contributed by atoms with van der Waals surface area (Å²) in [5.41, 5.74) is 4.07. The van der Waals surface area contributed by atoms with Crippen molar-refractivity contribution < 1.29 is 5.11 Å². The molecule has 0 fully saturated rings. The van der Waals surface area contributed by atoms with Crippen molar-refractivity contribution in [2.45, 2.75) is 32.8 Å². The monoisotopic (exact) mass is 205 g/mol. The van der Waals surface area contributed by atoms with Crippen LogP contribution in [0.25, 0.3) is 0 Å². The summed E-state index contributed by atoms with van der Waals surface area (Å²) in [6.07, 6.45) is 1.67. The Bertz CT molecular complexity index is 346. The van der Waals surface area contributed by atoms with Crippen LogP contribution in [-0.2, 0) is 12.8 Å². The molecular weight excluding hydrogens is 186 g/mol. The summed E-state index contributed by atoms with van der Waals surface area (Å²) >= 11 is 0. The highest BCUT2D eigenvalue weighted by Crippen LogP contribution is 2.28. The number of likely N-dealkylation sites (N-methyl/N-ethyl adjacent to an activating group) is 1. The zero-order valence-electron chi connectivity index (χ0n) is 9.53. The van der Waals surface area contributed by atoms with Crippen LogP contribution in [0.4, 0.5) is 5.69 Å². The van der Waals surface area contributed by atoms with Gasteiger partial charge in [0.1, 0.15) is 0 Å². The Morgan fingerprint density at radius 1 is 1.47 bits per heavy atom. The molecule has 0 spiro atoms. The summed E-state index contributed by atoms with van der Waals surface area (Å²) in [6.45, 7) is 6.26. The molecule has 1 heterocycles. The second-order valence-corrected chi connectivity index (χ2v) is 4.35. The summed E-state index contributed by atoms with van der Waals surface area (Å²) in [7, 11) is 0. The largest absolute Gasteiger partial charge is 0.393 e. The summed E-state index contributed by atoms with van der Waals surface area (Å²) < 4.78 is 0. The highest BCUT2D eigenvalue weighted by atomic mass is 16.3. The Hall–Kier alpha value is -1.02. The number of anilines is 1. The van der Waals surface area contributed by atoms with E-state index in [9.17, 15) is 5.11 Å². The molecule has 0 unspecified atom stereocenters. The first-order valence-electron chi connectivity index (χ1n) is 5.75. The molecule has 0 aliphatic carbocycles. The maximum absolute atomic E-state index is 9.34. The van der Waals surface area contributed by atoms with Gasteiger partial charge in [0, 0.05) is 18.8 Å². The van der Waals surface area contributed by atoms with E-state index in [2.05, 4.69) is 30.0 Å². The lowest BCUT2D eigenvalue weighted by atomic mass is 10.0. The number of fused-ring (bicyclic) bond motifs is 1. The second kappa shape index (κ2) is 4.23. The van der Waals surface area contributed by atoms with Crippen molar-refractivity contribution >= 4 is 5.69 Å². The molecule has 0 aromatic heterocycles. The lowest BCUT2D eigenvalue weighted by Gasteiger charge is -2.16. The van der Waals surface area contributed by atoms with E-state index in [1.165, 1.54) is 16.8 Å². The lowest BCUT2D eigenvalue weighted by molar-refractivity contribution is 0.195. The molecule has 0 saturated heterocycles. The first-order valence-corrected chi connectivity index (χ1v) is 5.75. The topological polar surface area (TPSA) is 23.5 Å². The third-order valence-corrected chi connectivity index (χ3v) is 3.05. The molecule has 2 heteroatoms. The Morgan fingerprint density at radius 2 is 2.27 bits per heavy atom. The van der Waals surface area contributed by atoms with Gasteiger partial charge in [-0.15, -0.1) is 0 Å². The average molecular weight is 205 g/mol. The van der Waals surface area contributed by atoms with Crippen molar-refractivity contribution in [3.63, 3.8) is 0 Å². The standard InChI is InChI=1S/C13H19NO/c1-3-14-7-6-12-9-11(8-10(2)15)4-5-13(12)14/h4-5,9-10,15H,3,6-8H2,1-2H3/t10-/m1/s1. The van der Waals surface area contributed by atoms with Gasteiger partial charge in [0.15, 0.2) is 0 Å². The summed E-state index contributed by atoms with van der Waals surface area (Å²) in [5, 5.41) is 9.34. The zero-order chi connectivity index (χ0) is 10.8. The highest BCUT2D eigenvalue weighted by Gasteiger charge is 2.17. The minimum atomic E-state index is -0.244. The first kappa shape index (κ1) is 10.5. The molecule has 1 aliphatic rings. The van der Waals surface area contributed by atoms with Crippen LogP contribution in [0.1, 0.15) is 25.0 Å². The molecule has 1 aromatic carbocycles. The number of rotatable bonds is 3. The van der Waals surface area contributed by atoms with Crippen LogP contribution in [0.3, 0.4) is 0 Å². The molecule has 1 aliphatic heterocycles. The predicted octanol–water partition coefficient (Wildman–Crippen LogP) is 1.99. The Morgan fingerprint density at radius 3 is 2.93 bits per heavy atom. The van der Waals surface area contributed by atoms with Gasteiger partial charge in [0.05, 0.1) is 6.10 Å². The van der Waals surface area contributed by atoms with Crippen LogP contribution >= 0.6 is 0 Å². The fraction of sp³-hybridized carbons (Fsp3) is 0.538. The number of aliphatic hydroxyl groups is 1. The zero-order valence-corrected chi connectivity index (χ0v) is 9.53. The maximum Gasteiger partial charge on any atom is 0.0552 e. The number of hydrogen-bond donors (Lipinski definition) is 1. The van der Waals surface area contributed by atoms with Crippen LogP contribution < -0.4 is 4.90 Å². The Balaban J connectivity index is 2.21. The van der Waals surface area contributed by atoms with Gasteiger partial charge in [-0.1, -0.05) is 12.1 Å². The Labute approximate surface area is 91.5 Å². The number of nitrogens with zero attached hydrogens (tertiary/aromatic N) is 1. The smallest absolute Gasteiger partial charge is 0.0552 e. The van der Waals surface area contributed by atoms with Crippen molar-refractivity contribution in [1.82, 2.24) is 0 Å². The molecule has 82 valence electrons.